The largest absolute Gasteiger partial charge is 0.374 e. The molecule has 1 fully saturated rings. The van der Waals surface area contributed by atoms with Crippen LogP contribution in [0.2, 0.25) is 0 Å². The molecule has 0 unspecified atom stereocenters. The Hall–Kier alpha value is -3.74. The molecule has 0 spiro atoms. The number of H-pyrrole nitrogens is 1. The van der Waals surface area contributed by atoms with Gasteiger partial charge in [-0.05, 0) is 22.8 Å². The zero-order chi connectivity index (χ0) is 26.3. The van der Waals surface area contributed by atoms with E-state index in [1.165, 1.54) is 0 Å². The van der Waals surface area contributed by atoms with E-state index in [0.717, 1.165) is 33.2 Å². The molecule has 1 aliphatic rings. The first-order valence-corrected chi connectivity index (χ1v) is 13.5. The highest BCUT2D eigenvalue weighted by Crippen LogP contribution is 2.41. The van der Waals surface area contributed by atoms with Gasteiger partial charge in [-0.2, -0.15) is 0 Å². The lowest BCUT2D eigenvalue weighted by Crippen LogP contribution is -2.37. The van der Waals surface area contributed by atoms with Gasteiger partial charge in [0.15, 0.2) is 0 Å². The number of aromatic amines is 1. The fourth-order valence-electron chi connectivity index (χ4n) is 5.23. The number of hydrogen-bond donors (Lipinski definition) is 1. The van der Waals surface area contributed by atoms with Crippen LogP contribution in [0.15, 0.2) is 121 Å². The van der Waals surface area contributed by atoms with Crippen LogP contribution in [-0.2, 0) is 38.8 Å². The van der Waals surface area contributed by atoms with E-state index in [9.17, 15) is 0 Å². The SMILES string of the molecule is c1ccc(COC[C@H]2O[C@@H](c3c[nH]c4ccccc34)[C@@H](OCc3ccccc3)[C@@H]2OCc2ccccc2)cc1. The van der Waals surface area contributed by atoms with Crippen molar-refractivity contribution in [2.75, 3.05) is 6.61 Å². The van der Waals surface area contributed by atoms with Crippen molar-refractivity contribution >= 4 is 10.9 Å². The summed E-state index contributed by atoms with van der Waals surface area (Å²) in [6.07, 6.45) is 0.796. The second-order valence-electron chi connectivity index (χ2n) is 9.91. The molecule has 0 saturated carbocycles. The van der Waals surface area contributed by atoms with Crippen LogP contribution in [0.1, 0.15) is 28.4 Å². The molecule has 1 N–H and O–H groups in total. The maximum atomic E-state index is 6.76. The normalized spacial score (nSPS) is 20.9. The van der Waals surface area contributed by atoms with Gasteiger partial charge in [0.25, 0.3) is 0 Å². The van der Waals surface area contributed by atoms with Gasteiger partial charge in [-0.3, -0.25) is 0 Å². The molecule has 0 bridgehead atoms. The van der Waals surface area contributed by atoms with Crippen molar-refractivity contribution in [3.8, 4) is 0 Å². The van der Waals surface area contributed by atoms with Crippen molar-refractivity contribution in [2.24, 2.45) is 0 Å². The summed E-state index contributed by atoms with van der Waals surface area (Å²) in [5.41, 5.74) is 5.49. The first-order valence-electron chi connectivity index (χ1n) is 13.5. The first-order chi connectivity index (χ1) is 19.3. The molecule has 4 aromatic carbocycles. The molecule has 0 radical (unpaired) electrons. The Balaban J connectivity index is 1.28. The topological polar surface area (TPSA) is 52.7 Å². The minimum absolute atomic E-state index is 0.295. The Morgan fingerprint density at radius 1 is 0.590 bits per heavy atom. The van der Waals surface area contributed by atoms with Gasteiger partial charge in [0, 0.05) is 22.7 Å². The summed E-state index contributed by atoms with van der Waals surface area (Å²) >= 11 is 0. The summed E-state index contributed by atoms with van der Waals surface area (Å²) in [6, 6.07) is 39.0. The van der Waals surface area contributed by atoms with Crippen LogP contribution >= 0.6 is 0 Å². The third-order valence-corrected chi connectivity index (χ3v) is 7.20. The van der Waals surface area contributed by atoms with Crippen LogP contribution < -0.4 is 0 Å². The highest BCUT2D eigenvalue weighted by Gasteiger charge is 2.47. The van der Waals surface area contributed by atoms with Gasteiger partial charge < -0.3 is 23.9 Å². The molecule has 198 valence electrons. The van der Waals surface area contributed by atoms with E-state index >= 15 is 0 Å². The van der Waals surface area contributed by atoms with Crippen LogP contribution in [0, 0.1) is 0 Å². The van der Waals surface area contributed by atoms with E-state index < -0.39 is 0 Å². The van der Waals surface area contributed by atoms with Crippen molar-refractivity contribution in [1.29, 1.82) is 0 Å². The maximum Gasteiger partial charge on any atom is 0.117 e. The molecular formula is C34H33NO4. The number of para-hydroxylation sites is 1. The molecule has 0 aliphatic carbocycles. The zero-order valence-electron chi connectivity index (χ0n) is 21.8. The molecular weight excluding hydrogens is 486 g/mol. The van der Waals surface area contributed by atoms with Gasteiger partial charge in [-0.1, -0.05) is 109 Å². The van der Waals surface area contributed by atoms with Crippen LogP contribution in [0.4, 0.5) is 0 Å². The van der Waals surface area contributed by atoms with Crippen LogP contribution in [0.25, 0.3) is 10.9 Å². The van der Waals surface area contributed by atoms with E-state index in [-0.39, 0.29) is 24.4 Å². The number of nitrogens with one attached hydrogen (secondary N) is 1. The molecule has 39 heavy (non-hydrogen) atoms. The molecule has 1 aliphatic heterocycles. The number of benzene rings is 4. The predicted octanol–water partition coefficient (Wildman–Crippen LogP) is 7.00. The lowest BCUT2D eigenvalue weighted by atomic mass is 10.00. The van der Waals surface area contributed by atoms with Crippen molar-refractivity contribution in [1.82, 2.24) is 4.98 Å². The van der Waals surface area contributed by atoms with Crippen molar-refractivity contribution in [3.05, 3.63) is 144 Å². The van der Waals surface area contributed by atoms with Crippen molar-refractivity contribution in [2.45, 2.75) is 44.2 Å². The maximum absolute atomic E-state index is 6.76. The second-order valence-corrected chi connectivity index (χ2v) is 9.91. The monoisotopic (exact) mass is 519 g/mol. The summed E-state index contributed by atoms with van der Waals surface area (Å²) in [6.45, 7) is 1.85. The number of rotatable bonds is 11. The Morgan fingerprint density at radius 2 is 1.13 bits per heavy atom. The number of fused-ring (bicyclic) bond motifs is 1. The van der Waals surface area contributed by atoms with E-state index in [1.54, 1.807) is 0 Å². The average molecular weight is 520 g/mol. The van der Waals surface area contributed by atoms with Crippen LogP contribution in [0.3, 0.4) is 0 Å². The van der Waals surface area contributed by atoms with E-state index in [4.69, 9.17) is 18.9 Å². The third kappa shape index (κ3) is 6.13. The van der Waals surface area contributed by atoms with Gasteiger partial charge in [0.2, 0.25) is 0 Å². The summed E-state index contributed by atoms with van der Waals surface area (Å²) in [5, 5.41) is 1.13. The molecule has 5 nitrogen and oxygen atoms in total. The van der Waals surface area contributed by atoms with E-state index in [1.807, 2.05) is 66.9 Å². The molecule has 1 aromatic heterocycles. The molecule has 5 heteroatoms. The van der Waals surface area contributed by atoms with Gasteiger partial charge in [0.05, 0.1) is 26.4 Å². The summed E-state index contributed by atoms with van der Waals surface area (Å²) in [5.74, 6) is 0. The fraction of sp³-hybridized carbons (Fsp3) is 0.235. The highest BCUT2D eigenvalue weighted by molar-refractivity contribution is 5.83. The number of ether oxygens (including phenoxy) is 4. The average Bonchev–Trinajstić information content (AvgIpc) is 3.57. The Morgan fingerprint density at radius 3 is 1.77 bits per heavy atom. The minimum Gasteiger partial charge on any atom is -0.374 e. The van der Waals surface area contributed by atoms with Gasteiger partial charge in [-0.25, -0.2) is 0 Å². The minimum atomic E-state index is -0.321. The van der Waals surface area contributed by atoms with E-state index in [0.29, 0.717) is 26.4 Å². The van der Waals surface area contributed by atoms with Crippen molar-refractivity contribution in [3.63, 3.8) is 0 Å². The smallest absolute Gasteiger partial charge is 0.117 e. The van der Waals surface area contributed by atoms with Gasteiger partial charge in [0.1, 0.15) is 24.4 Å². The van der Waals surface area contributed by atoms with Crippen LogP contribution in [-0.4, -0.2) is 29.9 Å². The quantitative estimate of drug-likeness (QED) is 0.204. The summed E-state index contributed by atoms with van der Waals surface area (Å²) in [4.78, 5) is 3.40. The molecule has 0 amide bonds. The number of aromatic nitrogens is 1. The molecule has 2 heterocycles. The highest BCUT2D eigenvalue weighted by atomic mass is 16.6. The van der Waals surface area contributed by atoms with E-state index in [2.05, 4.69) is 59.6 Å². The second kappa shape index (κ2) is 12.4. The lowest BCUT2D eigenvalue weighted by molar-refractivity contribution is -0.0898. The Kier molecular flexibility index (Phi) is 8.13. The Bertz CT molecular complexity index is 1440. The number of hydrogen-bond acceptors (Lipinski definition) is 4. The Labute approximate surface area is 229 Å². The van der Waals surface area contributed by atoms with Crippen molar-refractivity contribution < 1.29 is 18.9 Å². The molecule has 4 atom stereocenters. The third-order valence-electron chi connectivity index (χ3n) is 7.20. The molecule has 6 rings (SSSR count). The summed E-state index contributed by atoms with van der Waals surface area (Å²) < 4.78 is 26.2. The summed E-state index contributed by atoms with van der Waals surface area (Å²) in [7, 11) is 0. The molecule has 5 aromatic rings. The predicted molar refractivity (Wildman–Crippen MR) is 152 cm³/mol. The lowest BCUT2D eigenvalue weighted by Gasteiger charge is -2.25. The zero-order valence-corrected chi connectivity index (χ0v) is 21.8. The fourth-order valence-corrected chi connectivity index (χ4v) is 5.23. The first kappa shape index (κ1) is 25.5. The van der Waals surface area contributed by atoms with Gasteiger partial charge in [-0.15, -0.1) is 0 Å². The van der Waals surface area contributed by atoms with Crippen LogP contribution in [0.5, 0.6) is 0 Å². The van der Waals surface area contributed by atoms with Gasteiger partial charge >= 0.3 is 0 Å². The standard InChI is InChI=1S/C34H33NO4/c1-4-12-25(13-5-1)21-36-24-31-33(37-22-26-14-6-2-7-15-26)34(38-23-27-16-8-3-9-17-27)32(39-31)29-20-35-30-19-11-10-18-28(29)30/h1-20,31-35H,21-24H2/t31-,32+,33-,34-/m1/s1. The molecule has 1 saturated heterocycles.